The second-order valence-electron chi connectivity index (χ2n) is 10.9. The molecule has 0 saturated heterocycles. The summed E-state index contributed by atoms with van der Waals surface area (Å²) in [4.78, 5) is 4.89. The molecule has 0 aliphatic rings. The zero-order chi connectivity index (χ0) is 29.0. The van der Waals surface area contributed by atoms with E-state index in [1.807, 2.05) is 54.7 Å². The number of rotatable bonds is 3. The van der Waals surface area contributed by atoms with Gasteiger partial charge < -0.3 is 12.9 Å². The first kappa shape index (κ1) is 25.0. The van der Waals surface area contributed by atoms with Crippen LogP contribution in [0.2, 0.25) is 0 Å². The molecule has 0 unspecified atom stereocenters. The highest BCUT2D eigenvalue weighted by Gasteiger charge is 2.19. The van der Waals surface area contributed by atoms with Crippen LogP contribution in [0, 0.1) is 0 Å². The highest BCUT2D eigenvalue weighted by atomic mass is 31.1. The van der Waals surface area contributed by atoms with Crippen molar-refractivity contribution in [3.05, 3.63) is 146 Å². The molecule has 0 amide bonds. The van der Waals surface area contributed by atoms with E-state index in [-0.39, 0.29) is 0 Å². The molecule has 0 atom stereocenters. The van der Waals surface area contributed by atoms with Crippen LogP contribution in [0.15, 0.2) is 154 Å². The molecular weight excluding hydrogens is 561 g/mol. The quantitative estimate of drug-likeness (QED) is 0.207. The highest BCUT2D eigenvalue weighted by Crippen LogP contribution is 2.46. The van der Waals surface area contributed by atoms with Crippen molar-refractivity contribution in [2.75, 3.05) is 0 Å². The van der Waals surface area contributed by atoms with Crippen molar-refractivity contribution in [3.63, 3.8) is 0 Å². The van der Waals surface area contributed by atoms with Gasteiger partial charge in [-0.15, -0.1) is 0 Å². The topological polar surface area (TPSA) is 48.4 Å². The Morgan fingerprint density at radius 1 is 0.455 bits per heavy atom. The van der Waals surface area contributed by atoms with Gasteiger partial charge in [0.25, 0.3) is 0 Å². The van der Waals surface area contributed by atoms with Gasteiger partial charge in [-0.25, -0.2) is 0 Å². The summed E-state index contributed by atoms with van der Waals surface area (Å²) in [5, 5.41) is 10.8. The van der Waals surface area contributed by atoms with E-state index >= 15 is 0 Å². The highest BCUT2D eigenvalue weighted by molar-refractivity contribution is 7.32. The van der Waals surface area contributed by atoms with Crippen molar-refractivity contribution in [1.29, 1.82) is 0 Å². The van der Waals surface area contributed by atoms with Crippen molar-refractivity contribution in [2.24, 2.45) is 0 Å². The summed E-state index contributed by atoms with van der Waals surface area (Å²) in [6.07, 6.45) is 1.86. The molecule has 0 spiro atoms. The van der Waals surface area contributed by atoms with Crippen LogP contribution in [0.1, 0.15) is 0 Å². The van der Waals surface area contributed by atoms with Gasteiger partial charge in [0, 0.05) is 22.4 Å². The molecule has 5 heteroatoms. The standard InChI is InChI=1S/C39H24NO3P/c1-5-13-29-25(9-1)17-20-33-36(29)37-30-14-6-2-10-26(30)18-21-34(37)42-44(41-33)43-35-22-19-27-11-3-7-15-31(27)38(35)39-32-16-8-4-12-28(32)23-24-40-39/h1-24H. The zero-order valence-corrected chi connectivity index (χ0v) is 24.4. The molecule has 2 heterocycles. The molecule has 44 heavy (non-hydrogen) atoms. The van der Waals surface area contributed by atoms with Gasteiger partial charge in [0.2, 0.25) is 0 Å². The lowest BCUT2D eigenvalue weighted by Gasteiger charge is -2.14. The largest absolute Gasteiger partial charge is 0.453 e. The molecule has 7 aromatic carbocycles. The van der Waals surface area contributed by atoms with Crippen LogP contribution in [0.4, 0.5) is 0 Å². The lowest BCUT2D eigenvalue weighted by atomic mass is 9.97. The van der Waals surface area contributed by atoms with Crippen molar-refractivity contribution >= 4 is 73.3 Å². The smallest absolute Gasteiger partial charge is 0.390 e. The summed E-state index contributed by atoms with van der Waals surface area (Å²) < 4.78 is 20.2. The maximum Gasteiger partial charge on any atom is 0.453 e. The van der Waals surface area contributed by atoms with Crippen molar-refractivity contribution in [3.8, 4) is 17.0 Å². The van der Waals surface area contributed by atoms with E-state index in [0.717, 1.165) is 76.3 Å². The molecule has 0 aliphatic carbocycles. The van der Waals surface area contributed by atoms with Crippen LogP contribution < -0.4 is 4.52 Å². The third-order valence-corrected chi connectivity index (χ3v) is 9.39. The summed E-state index contributed by atoms with van der Waals surface area (Å²) in [6, 6.07) is 47.8. The minimum atomic E-state index is -1.89. The molecule has 208 valence electrons. The summed E-state index contributed by atoms with van der Waals surface area (Å²) in [6.45, 7) is 0. The molecule has 0 aliphatic heterocycles. The van der Waals surface area contributed by atoms with Gasteiger partial charge in [-0.05, 0) is 62.0 Å². The summed E-state index contributed by atoms with van der Waals surface area (Å²) in [7, 11) is -1.89. The van der Waals surface area contributed by atoms with Gasteiger partial charge in [-0.2, -0.15) is 0 Å². The maximum atomic E-state index is 6.80. The van der Waals surface area contributed by atoms with Gasteiger partial charge >= 0.3 is 8.24 Å². The van der Waals surface area contributed by atoms with E-state index in [9.17, 15) is 0 Å². The minimum absolute atomic E-state index is 0.658. The van der Waals surface area contributed by atoms with E-state index in [1.54, 1.807) is 0 Å². The van der Waals surface area contributed by atoms with Crippen LogP contribution >= 0.6 is 8.24 Å². The predicted molar refractivity (Wildman–Crippen MR) is 182 cm³/mol. The average molecular weight is 586 g/mol. The van der Waals surface area contributed by atoms with Crippen LogP contribution in [0.25, 0.3) is 76.3 Å². The van der Waals surface area contributed by atoms with E-state index in [0.29, 0.717) is 5.75 Å². The molecule has 0 saturated carbocycles. The number of nitrogens with zero attached hydrogens (tertiary/aromatic N) is 1. The molecule has 2 aromatic heterocycles. The number of aromatic nitrogens is 1. The number of hydrogen-bond acceptors (Lipinski definition) is 4. The van der Waals surface area contributed by atoms with E-state index in [4.69, 9.17) is 17.9 Å². The molecule has 9 rings (SSSR count). The van der Waals surface area contributed by atoms with Crippen LogP contribution in [-0.4, -0.2) is 4.98 Å². The Morgan fingerprint density at radius 3 is 1.55 bits per heavy atom. The third-order valence-electron chi connectivity index (χ3n) is 8.35. The van der Waals surface area contributed by atoms with Gasteiger partial charge in [0.1, 0.15) is 16.9 Å². The Balaban J connectivity index is 1.36. The molecule has 4 nitrogen and oxygen atoms in total. The van der Waals surface area contributed by atoms with Gasteiger partial charge in [-0.3, -0.25) is 4.98 Å². The number of pyridine rings is 1. The lowest BCUT2D eigenvalue weighted by molar-refractivity contribution is 0.499. The maximum absolute atomic E-state index is 6.80. The van der Waals surface area contributed by atoms with Crippen LogP contribution in [-0.2, 0) is 0 Å². The fourth-order valence-electron chi connectivity index (χ4n) is 6.36. The third kappa shape index (κ3) is 3.96. The molecule has 0 N–H and O–H groups in total. The molecule has 0 fully saturated rings. The fourth-order valence-corrected chi connectivity index (χ4v) is 7.41. The summed E-state index contributed by atoms with van der Waals surface area (Å²) >= 11 is 0. The van der Waals surface area contributed by atoms with Crippen LogP contribution in [0.3, 0.4) is 0 Å². The Bertz CT molecular complexity index is 2500. The average Bonchev–Trinajstić information content (AvgIpc) is 3.24. The molecule has 9 aromatic rings. The van der Waals surface area contributed by atoms with Gasteiger partial charge in [-0.1, -0.05) is 115 Å². The van der Waals surface area contributed by atoms with Crippen molar-refractivity contribution in [1.82, 2.24) is 4.98 Å². The predicted octanol–water partition coefficient (Wildman–Crippen LogP) is 11.8. The number of hydrogen-bond donors (Lipinski definition) is 0. The Labute approximate surface area is 253 Å². The lowest BCUT2D eigenvalue weighted by Crippen LogP contribution is -1.92. The van der Waals surface area contributed by atoms with E-state index in [2.05, 4.69) is 91.0 Å². The Hall–Kier alpha value is -5.57. The second-order valence-corrected chi connectivity index (χ2v) is 11.9. The Morgan fingerprint density at radius 2 is 0.932 bits per heavy atom. The fraction of sp³-hybridized carbons (Fsp3) is 0. The second kappa shape index (κ2) is 10.0. The monoisotopic (exact) mass is 585 g/mol. The van der Waals surface area contributed by atoms with Gasteiger partial charge in [0.15, 0.2) is 0 Å². The van der Waals surface area contributed by atoms with E-state index in [1.165, 1.54) is 0 Å². The molecule has 0 bridgehead atoms. The van der Waals surface area contributed by atoms with Gasteiger partial charge in [0.05, 0.1) is 11.3 Å². The molecule has 0 radical (unpaired) electrons. The number of fused-ring (bicyclic) bond motifs is 9. The number of benzene rings is 7. The zero-order valence-electron chi connectivity index (χ0n) is 23.5. The normalized spacial score (nSPS) is 11.6. The van der Waals surface area contributed by atoms with Crippen molar-refractivity contribution in [2.45, 2.75) is 0 Å². The van der Waals surface area contributed by atoms with Crippen molar-refractivity contribution < 1.29 is 12.9 Å². The first-order valence-corrected chi connectivity index (χ1v) is 15.7. The molecular formula is C39H24NO3P. The van der Waals surface area contributed by atoms with Crippen LogP contribution in [0.5, 0.6) is 5.75 Å². The summed E-state index contributed by atoms with van der Waals surface area (Å²) in [5.74, 6) is 0.658. The van der Waals surface area contributed by atoms with E-state index < -0.39 is 8.24 Å². The first-order chi connectivity index (χ1) is 21.8. The first-order valence-electron chi connectivity index (χ1n) is 14.6. The SMILES string of the molecule is c1ccc2c(-c3c(Op4oc5ccc6ccccc6c5c5c(ccc6ccccc65)o4)ccc4ccccc34)nccc2c1. The minimum Gasteiger partial charge on any atom is -0.390 e. The summed E-state index contributed by atoms with van der Waals surface area (Å²) in [5.41, 5.74) is 3.24. The Kier molecular flexibility index (Phi) is 5.68.